The molecule has 0 unspecified atom stereocenters. The standard InChI is InChI=1S/C52H30N2S/c1-2-11-33(12-3-1)53-45-19-8-6-15-37(45)38-24-23-34(29-47(38)53)54-46-25-21-31(32-22-26-50-42(27-32)39-16-7-9-20-49(39)55-50)28-44(46)52-41-18-10-17-40-35-13-4-5-14-36(35)43(51(40)41)30-48(52)54/h1-30H. The van der Waals surface area contributed by atoms with E-state index in [4.69, 9.17) is 0 Å². The summed E-state index contributed by atoms with van der Waals surface area (Å²) >= 11 is 1.87. The summed E-state index contributed by atoms with van der Waals surface area (Å²) < 4.78 is 7.60. The van der Waals surface area contributed by atoms with Crippen LogP contribution in [0.3, 0.4) is 0 Å². The van der Waals surface area contributed by atoms with E-state index >= 15 is 0 Å². The second-order valence-corrected chi connectivity index (χ2v) is 15.9. The second kappa shape index (κ2) is 10.8. The van der Waals surface area contributed by atoms with Gasteiger partial charge in [-0.15, -0.1) is 11.3 Å². The second-order valence-electron chi connectivity index (χ2n) is 14.9. The Morgan fingerprint density at radius 1 is 0.291 bits per heavy atom. The Morgan fingerprint density at radius 3 is 1.82 bits per heavy atom. The molecule has 1 aliphatic carbocycles. The van der Waals surface area contributed by atoms with Crippen molar-refractivity contribution in [2.24, 2.45) is 0 Å². The van der Waals surface area contributed by atoms with Crippen LogP contribution in [0, 0.1) is 0 Å². The van der Waals surface area contributed by atoms with Gasteiger partial charge in [0.25, 0.3) is 0 Å². The highest BCUT2D eigenvalue weighted by Gasteiger charge is 2.26. The number of benzene rings is 9. The van der Waals surface area contributed by atoms with E-state index in [2.05, 4.69) is 191 Å². The maximum absolute atomic E-state index is 2.51. The summed E-state index contributed by atoms with van der Waals surface area (Å²) in [7, 11) is 0. The van der Waals surface area contributed by atoms with Gasteiger partial charge in [-0.25, -0.2) is 0 Å². The molecule has 13 rings (SSSR count). The molecule has 0 fully saturated rings. The van der Waals surface area contributed by atoms with Gasteiger partial charge < -0.3 is 9.13 Å². The van der Waals surface area contributed by atoms with Gasteiger partial charge in [0.1, 0.15) is 0 Å². The smallest absolute Gasteiger partial charge is 0.0561 e. The van der Waals surface area contributed by atoms with Crippen LogP contribution < -0.4 is 0 Å². The molecule has 3 heterocycles. The van der Waals surface area contributed by atoms with Crippen LogP contribution in [-0.2, 0) is 0 Å². The van der Waals surface area contributed by atoms with Gasteiger partial charge in [0.15, 0.2) is 0 Å². The van der Waals surface area contributed by atoms with Crippen LogP contribution in [0.5, 0.6) is 0 Å². The van der Waals surface area contributed by atoms with Gasteiger partial charge in [-0.1, -0.05) is 115 Å². The Bertz CT molecular complexity index is 3600. The van der Waals surface area contributed by atoms with Crippen molar-refractivity contribution in [2.75, 3.05) is 0 Å². The van der Waals surface area contributed by atoms with Gasteiger partial charge in [0, 0.05) is 53.1 Å². The Labute approximate surface area is 320 Å². The molecular formula is C52H30N2S. The van der Waals surface area contributed by atoms with Crippen LogP contribution in [0.1, 0.15) is 0 Å². The predicted molar refractivity (Wildman–Crippen MR) is 235 cm³/mol. The Kier molecular flexibility index (Phi) is 5.80. The predicted octanol–water partition coefficient (Wildman–Crippen LogP) is 14.7. The fourth-order valence-corrected chi connectivity index (χ4v) is 10.8. The van der Waals surface area contributed by atoms with Crippen molar-refractivity contribution in [2.45, 2.75) is 0 Å². The number of rotatable bonds is 3. The van der Waals surface area contributed by atoms with Gasteiger partial charge >= 0.3 is 0 Å². The number of nitrogens with zero attached hydrogens (tertiary/aromatic N) is 2. The minimum atomic E-state index is 1.15. The quantitative estimate of drug-likeness (QED) is 0.172. The van der Waals surface area contributed by atoms with Crippen LogP contribution in [-0.4, -0.2) is 9.13 Å². The summed E-state index contributed by atoms with van der Waals surface area (Å²) in [6.45, 7) is 0. The van der Waals surface area contributed by atoms with E-state index in [0.717, 1.165) is 11.4 Å². The molecule has 0 aliphatic heterocycles. The summed E-state index contributed by atoms with van der Waals surface area (Å²) in [5, 5.41) is 10.4. The molecule has 0 N–H and O–H groups in total. The average Bonchev–Trinajstić information content (AvgIpc) is 3.98. The van der Waals surface area contributed by atoms with Crippen molar-refractivity contribution in [3.63, 3.8) is 0 Å². The van der Waals surface area contributed by atoms with E-state index in [-0.39, 0.29) is 0 Å². The molecule has 12 aromatic rings. The van der Waals surface area contributed by atoms with Crippen molar-refractivity contribution in [1.82, 2.24) is 9.13 Å². The summed E-state index contributed by atoms with van der Waals surface area (Å²) in [5.74, 6) is 0. The number of fused-ring (bicyclic) bond motifs is 13. The highest BCUT2D eigenvalue weighted by Crippen LogP contribution is 2.51. The van der Waals surface area contributed by atoms with Crippen LogP contribution >= 0.6 is 11.3 Å². The summed E-state index contributed by atoms with van der Waals surface area (Å²) in [4.78, 5) is 0. The molecular weight excluding hydrogens is 685 g/mol. The van der Waals surface area contributed by atoms with Crippen LogP contribution in [0.25, 0.3) is 119 Å². The number of para-hydroxylation sites is 2. The third-order valence-electron chi connectivity index (χ3n) is 12.0. The molecule has 9 aromatic carbocycles. The van der Waals surface area contributed by atoms with E-state index in [1.54, 1.807) is 0 Å². The first-order valence-corrected chi connectivity index (χ1v) is 19.7. The van der Waals surface area contributed by atoms with Crippen molar-refractivity contribution in [3.8, 4) is 44.8 Å². The lowest BCUT2D eigenvalue weighted by atomic mass is 9.96. The van der Waals surface area contributed by atoms with Crippen LogP contribution in [0.4, 0.5) is 0 Å². The van der Waals surface area contributed by atoms with Crippen molar-refractivity contribution in [1.29, 1.82) is 0 Å². The van der Waals surface area contributed by atoms with Crippen molar-refractivity contribution < 1.29 is 0 Å². The lowest BCUT2D eigenvalue weighted by Gasteiger charge is -2.12. The first kappa shape index (κ1) is 29.5. The molecule has 0 amide bonds. The topological polar surface area (TPSA) is 9.86 Å². The first-order chi connectivity index (χ1) is 27.3. The molecule has 0 atom stereocenters. The van der Waals surface area contributed by atoms with Crippen LogP contribution in [0.2, 0.25) is 0 Å². The first-order valence-electron chi connectivity index (χ1n) is 18.9. The fourth-order valence-electron chi connectivity index (χ4n) is 9.70. The molecule has 55 heavy (non-hydrogen) atoms. The molecule has 0 saturated heterocycles. The molecule has 254 valence electrons. The van der Waals surface area contributed by atoms with Crippen molar-refractivity contribution >= 4 is 85.9 Å². The largest absolute Gasteiger partial charge is 0.309 e. The summed E-state index contributed by atoms with van der Waals surface area (Å²) in [6.07, 6.45) is 0. The minimum absolute atomic E-state index is 1.15. The average molecular weight is 715 g/mol. The van der Waals surface area contributed by atoms with Gasteiger partial charge in [-0.2, -0.15) is 0 Å². The normalized spacial score (nSPS) is 12.4. The number of thiophene rings is 1. The molecule has 0 radical (unpaired) electrons. The molecule has 0 saturated carbocycles. The monoisotopic (exact) mass is 714 g/mol. The molecule has 3 aromatic heterocycles. The van der Waals surface area contributed by atoms with Gasteiger partial charge in [-0.05, 0) is 111 Å². The number of hydrogen-bond acceptors (Lipinski definition) is 1. The Balaban J connectivity index is 1.14. The molecule has 1 aliphatic rings. The lowest BCUT2D eigenvalue weighted by molar-refractivity contribution is 1.15. The number of hydrogen-bond donors (Lipinski definition) is 0. The Morgan fingerprint density at radius 2 is 0.927 bits per heavy atom. The summed E-state index contributed by atoms with van der Waals surface area (Å²) in [5.41, 5.74) is 14.9. The van der Waals surface area contributed by atoms with E-state index < -0.39 is 0 Å². The molecule has 3 heteroatoms. The Hall–Kier alpha value is -6.94. The van der Waals surface area contributed by atoms with Crippen molar-refractivity contribution in [3.05, 3.63) is 182 Å². The van der Waals surface area contributed by atoms with Gasteiger partial charge in [0.05, 0.1) is 22.1 Å². The molecule has 2 nitrogen and oxygen atoms in total. The van der Waals surface area contributed by atoms with E-state index in [0.29, 0.717) is 0 Å². The SMILES string of the molecule is c1ccc(-n2c3ccccc3c3ccc(-n4c5ccc(-c6ccc7sc8ccccc8c7c6)cc5c5c6cccc7c6c(cc54)-c4ccccc4-7)cc32)cc1. The maximum atomic E-state index is 2.51. The fraction of sp³-hybridized carbons (Fsp3) is 0. The molecule has 0 bridgehead atoms. The highest BCUT2D eigenvalue weighted by atomic mass is 32.1. The zero-order valence-corrected chi connectivity index (χ0v) is 30.4. The zero-order chi connectivity index (χ0) is 35.8. The van der Waals surface area contributed by atoms with E-state index in [9.17, 15) is 0 Å². The zero-order valence-electron chi connectivity index (χ0n) is 29.6. The molecule has 0 spiro atoms. The minimum Gasteiger partial charge on any atom is -0.309 e. The van der Waals surface area contributed by atoms with E-state index in [1.165, 1.54) is 108 Å². The maximum Gasteiger partial charge on any atom is 0.0561 e. The van der Waals surface area contributed by atoms with Gasteiger partial charge in [0.2, 0.25) is 0 Å². The van der Waals surface area contributed by atoms with E-state index in [1.807, 2.05) is 11.3 Å². The third kappa shape index (κ3) is 3.97. The summed E-state index contributed by atoms with van der Waals surface area (Å²) in [6, 6.07) is 67.7. The van der Waals surface area contributed by atoms with Gasteiger partial charge in [-0.3, -0.25) is 0 Å². The van der Waals surface area contributed by atoms with Crippen LogP contribution in [0.15, 0.2) is 182 Å². The lowest BCUT2D eigenvalue weighted by Crippen LogP contribution is -1.97. The number of aromatic nitrogens is 2. The third-order valence-corrected chi connectivity index (χ3v) is 13.2. The highest BCUT2D eigenvalue weighted by molar-refractivity contribution is 7.25.